The number of hydrogen-bond acceptors (Lipinski definition) is 7. The van der Waals surface area contributed by atoms with E-state index in [9.17, 15) is 0 Å². The van der Waals surface area contributed by atoms with E-state index in [1.54, 1.807) is 21.3 Å². The van der Waals surface area contributed by atoms with E-state index >= 15 is 0 Å². The highest BCUT2D eigenvalue weighted by molar-refractivity contribution is 6.89. The molecule has 1 rings (SSSR count). The summed E-state index contributed by atoms with van der Waals surface area (Å²) in [5.74, 6) is 0. The van der Waals surface area contributed by atoms with Gasteiger partial charge in [0, 0.05) is 27.4 Å². The smallest absolute Gasteiger partial charge is 0.418 e. The second kappa shape index (κ2) is 10.4. The van der Waals surface area contributed by atoms with Crippen LogP contribution in [0.3, 0.4) is 0 Å². The van der Waals surface area contributed by atoms with Gasteiger partial charge in [-0.2, -0.15) is 0 Å². The predicted octanol–water partition coefficient (Wildman–Crippen LogP) is 3.30. The first-order valence-electron chi connectivity index (χ1n) is 8.80. The first-order valence-corrected chi connectivity index (χ1v) is 20.9. The molecule has 25 heavy (non-hydrogen) atoms. The molecule has 0 spiro atoms. The molecule has 1 aliphatic heterocycles. The van der Waals surface area contributed by atoms with Gasteiger partial charge in [-0.1, -0.05) is 13.8 Å². The average Bonchev–Trinajstić information content (AvgIpc) is 2.46. The van der Waals surface area contributed by atoms with Gasteiger partial charge in [-0.15, -0.1) is 0 Å². The molecule has 7 nitrogen and oxygen atoms in total. The molecule has 0 amide bonds. The molecule has 0 N–H and O–H groups in total. The van der Waals surface area contributed by atoms with Crippen molar-refractivity contribution in [1.29, 1.82) is 0 Å². The van der Waals surface area contributed by atoms with Crippen molar-refractivity contribution >= 4 is 43.8 Å². The average molecular weight is 447 g/mol. The molecule has 1 saturated heterocycles. The van der Waals surface area contributed by atoms with Crippen LogP contribution in [0.25, 0.3) is 0 Å². The summed E-state index contributed by atoms with van der Waals surface area (Å²) in [7, 11) is -6.48. The van der Waals surface area contributed by atoms with Crippen LogP contribution in [0.4, 0.5) is 0 Å². The Hall–Kier alpha value is 0.804. The van der Waals surface area contributed by atoms with E-state index in [4.69, 9.17) is 29.7 Å². The third-order valence-corrected chi connectivity index (χ3v) is 22.0. The third-order valence-electron chi connectivity index (χ3n) is 3.43. The van der Waals surface area contributed by atoms with Crippen molar-refractivity contribution in [3.63, 3.8) is 0 Å². The van der Waals surface area contributed by atoms with Crippen LogP contribution >= 0.6 is 0 Å². The Labute approximate surface area is 160 Å². The molecule has 0 aromatic rings. The monoisotopic (exact) mass is 446 g/mol. The fourth-order valence-corrected chi connectivity index (χ4v) is 24.2. The van der Waals surface area contributed by atoms with Crippen LogP contribution < -0.4 is 0 Å². The summed E-state index contributed by atoms with van der Waals surface area (Å²) in [4.78, 5) is 0. The Morgan fingerprint density at radius 3 is 1.40 bits per heavy atom. The lowest BCUT2D eigenvalue weighted by Crippen LogP contribution is -2.61. The molecule has 12 heteroatoms. The number of rotatable bonds is 6. The molecular formula is C13H38O7Si5. The highest BCUT2D eigenvalue weighted by Crippen LogP contribution is 2.29. The second-order valence-corrected chi connectivity index (χ2v) is 23.3. The fraction of sp³-hybridized carbons (Fsp3) is 1.00. The predicted molar refractivity (Wildman–Crippen MR) is 112 cm³/mol. The quantitative estimate of drug-likeness (QED) is 0.580. The van der Waals surface area contributed by atoms with Gasteiger partial charge in [0.25, 0.3) is 0 Å². The van der Waals surface area contributed by atoms with Crippen LogP contribution in [0.2, 0.25) is 51.4 Å². The summed E-state index contributed by atoms with van der Waals surface area (Å²) in [6.07, 6.45) is 0. The zero-order chi connectivity index (χ0) is 19.9. The molecule has 0 radical (unpaired) electrons. The lowest BCUT2D eigenvalue weighted by Gasteiger charge is -2.44. The van der Waals surface area contributed by atoms with Crippen molar-refractivity contribution in [3.8, 4) is 0 Å². The van der Waals surface area contributed by atoms with E-state index in [1.165, 1.54) is 0 Å². The van der Waals surface area contributed by atoms with E-state index in [1.807, 2.05) is 13.8 Å². The van der Waals surface area contributed by atoms with Gasteiger partial charge in [0.05, 0.1) is 0 Å². The maximum absolute atomic E-state index is 6.36. The third kappa shape index (κ3) is 9.03. The highest BCUT2D eigenvalue weighted by Gasteiger charge is 2.48. The van der Waals surface area contributed by atoms with Gasteiger partial charge < -0.3 is 29.7 Å². The van der Waals surface area contributed by atoms with Crippen molar-refractivity contribution in [3.05, 3.63) is 0 Å². The molecule has 1 heterocycles. The molecule has 0 aliphatic carbocycles. The normalized spacial score (nSPS) is 23.2. The molecule has 152 valence electrons. The van der Waals surface area contributed by atoms with Gasteiger partial charge in [0.15, 0.2) is 0 Å². The molecule has 1 aliphatic rings. The summed E-state index contributed by atoms with van der Waals surface area (Å²) in [5.41, 5.74) is 0. The van der Waals surface area contributed by atoms with Crippen LogP contribution in [0.15, 0.2) is 0 Å². The van der Waals surface area contributed by atoms with Crippen molar-refractivity contribution in [2.75, 3.05) is 21.3 Å². The Bertz CT molecular complexity index is 361. The van der Waals surface area contributed by atoms with Crippen LogP contribution in [0.1, 0.15) is 13.8 Å². The second-order valence-electron chi connectivity index (χ2n) is 6.90. The fourth-order valence-electron chi connectivity index (χ4n) is 2.88. The van der Waals surface area contributed by atoms with Crippen LogP contribution in [0.5, 0.6) is 0 Å². The SMILES string of the molecule is CC.CO[Si](CC[SiH]1O[Si](C)(C)O[Si](C)(C)O[Si](C)(C)O1)(OC)OC. The Morgan fingerprint density at radius 2 is 1.08 bits per heavy atom. The van der Waals surface area contributed by atoms with Gasteiger partial charge in [-0.05, 0) is 45.3 Å². The van der Waals surface area contributed by atoms with Crippen LogP contribution in [-0.4, -0.2) is 65.1 Å². The first-order chi connectivity index (χ1) is 11.4. The van der Waals surface area contributed by atoms with E-state index < -0.39 is 43.8 Å². The largest absolute Gasteiger partial charge is 0.500 e. The summed E-state index contributed by atoms with van der Waals surface area (Å²) in [6.45, 7) is 16.3. The summed E-state index contributed by atoms with van der Waals surface area (Å²) < 4.78 is 41.8. The molecule has 0 bridgehead atoms. The Morgan fingerprint density at radius 1 is 0.720 bits per heavy atom. The van der Waals surface area contributed by atoms with Gasteiger partial charge in [-0.25, -0.2) is 0 Å². The maximum Gasteiger partial charge on any atom is 0.500 e. The zero-order valence-electron chi connectivity index (χ0n) is 17.8. The molecule has 0 aromatic carbocycles. The summed E-state index contributed by atoms with van der Waals surface area (Å²) in [6, 6.07) is 1.42. The van der Waals surface area contributed by atoms with Crippen LogP contribution in [0, 0.1) is 0 Å². The number of hydrogen-bond donors (Lipinski definition) is 0. The topological polar surface area (TPSA) is 64.6 Å². The van der Waals surface area contributed by atoms with E-state index in [0.29, 0.717) is 6.04 Å². The molecule has 1 fully saturated rings. The lowest BCUT2D eigenvalue weighted by molar-refractivity contribution is 0.124. The first kappa shape index (κ1) is 25.8. The van der Waals surface area contributed by atoms with Gasteiger partial charge >= 0.3 is 43.8 Å². The Balaban J connectivity index is 0.00000277. The highest BCUT2D eigenvalue weighted by atomic mass is 28.5. The van der Waals surface area contributed by atoms with E-state index in [0.717, 1.165) is 6.04 Å². The van der Waals surface area contributed by atoms with E-state index in [-0.39, 0.29) is 0 Å². The minimum absolute atomic E-state index is 0.670. The molecule has 0 aromatic heterocycles. The van der Waals surface area contributed by atoms with Crippen molar-refractivity contribution in [2.45, 2.75) is 65.2 Å². The lowest BCUT2D eigenvalue weighted by atomic mass is 11.0. The van der Waals surface area contributed by atoms with E-state index in [2.05, 4.69) is 39.3 Å². The van der Waals surface area contributed by atoms with Gasteiger partial charge in [0.2, 0.25) is 0 Å². The zero-order valence-corrected chi connectivity index (χ0v) is 23.0. The molecule has 0 unspecified atom stereocenters. The standard InChI is InChI=1S/C11H32O7Si5.C2H6/c1-12-23(13-2,14-3)11-10-19-15-20(4,5)17-22(8,9)18-21(6,7)16-19;1-2/h19H,10-11H2,1-9H3;1-2H3. The maximum atomic E-state index is 6.36. The minimum atomic E-state index is -2.62. The minimum Gasteiger partial charge on any atom is -0.418 e. The van der Waals surface area contributed by atoms with Gasteiger partial charge in [0.1, 0.15) is 0 Å². The molecular weight excluding hydrogens is 409 g/mol. The van der Waals surface area contributed by atoms with Crippen molar-refractivity contribution in [2.24, 2.45) is 0 Å². The Kier molecular flexibility index (Phi) is 10.7. The summed E-state index contributed by atoms with van der Waals surface area (Å²) in [5, 5.41) is 0. The van der Waals surface area contributed by atoms with Crippen molar-refractivity contribution in [1.82, 2.24) is 0 Å². The van der Waals surface area contributed by atoms with Crippen LogP contribution in [-0.2, 0) is 29.7 Å². The van der Waals surface area contributed by atoms with Crippen molar-refractivity contribution < 1.29 is 29.7 Å². The van der Waals surface area contributed by atoms with Gasteiger partial charge in [-0.3, -0.25) is 0 Å². The summed E-state index contributed by atoms with van der Waals surface area (Å²) >= 11 is 0. The molecule has 0 atom stereocenters. The molecule has 0 saturated carbocycles.